The number of nitrogens with zero attached hydrogens (tertiary/aromatic N) is 2. The Morgan fingerprint density at radius 2 is 2.07 bits per heavy atom. The Kier molecular flexibility index (Phi) is 7.47. The second kappa shape index (κ2) is 10.3. The summed E-state index contributed by atoms with van der Waals surface area (Å²) in [7, 11) is 3.40. The van der Waals surface area contributed by atoms with Gasteiger partial charge in [0, 0.05) is 38.4 Å². The van der Waals surface area contributed by atoms with Crippen LogP contribution in [0.25, 0.3) is 0 Å². The molecular weight excluding hydrogens is 388 g/mol. The van der Waals surface area contributed by atoms with Gasteiger partial charge in [0.15, 0.2) is 17.5 Å². The summed E-state index contributed by atoms with van der Waals surface area (Å²) in [6.45, 7) is 5.02. The molecule has 0 aromatic heterocycles. The number of ether oxygens (including phenoxy) is 2. The van der Waals surface area contributed by atoms with Crippen molar-refractivity contribution < 1.29 is 9.47 Å². The molecule has 7 heteroatoms. The lowest BCUT2D eigenvalue weighted by Crippen LogP contribution is -2.44. The minimum absolute atomic E-state index is 0.347. The van der Waals surface area contributed by atoms with Crippen molar-refractivity contribution in [3.8, 4) is 11.5 Å². The molecule has 1 atom stereocenters. The average molecular weight is 417 g/mol. The summed E-state index contributed by atoms with van der Waals surface area (Å²) in [6.07, 6.45) is 1.07. The lowest BCUT2D eigenvalue weighted by atomic mass is 10.2. The molecule has 1 unspecified atom stereocenters. The van der Waals surface area contributed by atoms with Crippen LogP contribution in [0, 0.1) is 0 Å². The maximum Gasteiger partial charge on any atom is 0.191 e. The zero-order valence-corrected chi connectivity index (χ0v) is 18.0. The van der Waals surface area contributed by atoms with Crippen LogP contribution in [0.5, 0.6) is 11.5 Å². The van der Waals surface area contributed by atoms with Gasteiger partial charge in [0.1, 0.15) is 0 Å². The van der Waals surface area contributed by atoms with Gasteiger partial charge < -0.3 is 25.0 Å². The molecule has 0 bridgehead atoms. The van der Waals surface area contributed by atoms with E-state index in [-0.39, 0.29) is 0 Å². The van der Waals surface area contributed by atoms with Gasteiger partial charge in [-0.3, -0.25) is 4.99 Å². The van der Waals surface area contributed by atoms with Crippen molar-refractivity contribution in [3.05, 3.63) is 53.1 Å². The Morgan fingerprint density at radius 1 is 1.28 bits per heavy atom. The van der Waals surface area contributed by atoms with Gasteiger partial charge in [-0.05, 0) is 43.2 Å². The standard InChI is InChI=1S/C22H29ClN4O2/c1-4-29-21-19(23)12-16(13-20(21)28-3)14-25-22(24-2)26-17-10-11-27(15-17)18-8-6-5-7-9-18/h5-9,12-13,17H,4,10-11,14-15H2,1-3H3,(H2,24,25,26). The van der Waals surface area contributed by atoms with Crippen LogP contribution in [0.1, 0.15) is 18.9 Å². The number of nitrogens with one attached hydrogen (secondary N) is 2. The Balaban J connectivity index is 1.57. The highest BCUT2D eigenvalue weighted by atomic mass is 35.5. The SMILES string of the molecule is CCOc1c(Cl)cc(CNC(=NC)NC2CCN(c3ccccc3)C2)cc1OC. The summed E-state index contributed by atoms with van der Waals surface area (Å²) >= 11 is 6.37. The zero-order chi connectivity index (χ0) is 20.6. The first-order valence-corrected chi connectivity index (χ1v) is 10.3. The molecule has 3 rings (SSSR count). The summed E-state index contributed by atoms with van der Waals surface area (Å²) in [6, 6.07) is 14.7. The third kappa shape index (κ3) is 5.48. The van der Waals surface area contributed by atoms with Gasteiger partial charge in [-0.2, -0.15) is 0 Å². The van der Waals surface area contributed by atoms with E-state index in [4.69, 9.17) is 21.1 Å². The van der Waals surface area contributed by atoms with Crippen molar-refractivity contribution in [1.29, 1.82) is 0 Å². The van der Waals surface area contributed by atoms with Crippen LogP contribution in [0.4, 0.5) is 5.69 Å². The predicted octanol–water partition coefficient (Wildman–Crippen LogP) is 3.69. The lowest BCUT2D eigenvalue weighted by molar-refractivity contribution is 0.311. The molecule has 0 spiro atoms. The molecule has 1 saturated heterocycles. The van der Waals surface area contributed by atoms with Crippen LogP contribution >= 0.6 is 11.6 Å². The first kappa shape index (κ1) is 21.1. The number of benzene rings is 2. The quantitative estimate of drug-likeness (QED) is 0.532. The Bertz CT molecular complexity index is 829. The van der Waals surface area contributed by atoms with Crippen molar-refractivity contribution in [3.63, 3.8) is 0 Å². The third-order valence-electron chi connectivity index (χ3n) is 4.91. The maximum atomic E-state index is 6.37. The topological polar surface area (TPSA) is 58.1 Å². The highest BCUT2D eigenvalue weighted by Crippen LogP contribution is 2.36. The fraction of sp³-hybridized carbons (Fsp3) is 0.409. The number of anilines is 1. The monoisotopic (exact) mass is 416 g/mol. The van der Waals surface area contributed by atoms with Gasteiger partial charge in [0.25, 0.3) is 0 Å². The van der Waals surface area contributed by atoms with Crippen LogP contribution < -0.4 is 25.0 Å². The molecule has 0 amide bonds. The minimum atomic E-state index is 0.347. The fourth-order valence-corrected chi connectivity index (χ4v) is 3.77. The molecule has 2 N–H and O–H groups in total. The summed E-state index contributed by atoms with van der Waals surface area (Å²) < 4.78 is 11.0. The summed E-state index contributed by atoms with van der Waals surface area (Å²) in [4.78, 5) is 6.75. The molecule has 2 aromatic rings. The van der Waals surface area contributed by atoms with E-state index in [1.807, 2.05) is 25.1 Å². The molecule has 29 heavy (non-hydrogen) atoms. The minimum Gasteiger partial charge on any atom is -0.493 e. The third-order valence-corrected chi connectivity index (χ3v) is 5.19. The molecule has 1 heterocycles. The van der Waals surface area contributed by atoms with Crippen molar-refractivity contribution in [2.75, 3.05) is 38.8 Å². The Labute approximate surface area is 177 Å². The van der Waals surface area contributed by atoms with Crippen LogP contribution in [0.15, 0.2) is 47.5 Å². The van der Waals surface area contributed by atoms with E-state index in [1.54, 1.807) is 14.2 Å². The molecule has 1 fully saturated rings. The van der Waals surface area contributed by atoms with Gasteiger partial charge >= 0.3 is 0 Å². The van der Waals surface area contributed by atoms with E-state index in [1.165, 1.54) is 5.69 Å². The van der Waals surface area contributed by atoms with Crippen molar-refractivity contribution >= 4 is 23.2 Å². The largest absolute Gasteiger partial charge is 0.493 e. The molecule has 0 aliphatic carbocycles. The van der Waals surface area contributed by atoms with E-state index in [0.29, 0.717) is 35.7 Å². The molecular formula is C22H29ClN4O2. The summed E-state index contributed by atoms with van der Waals surface area (Å²) in [5.41, 5.74) is 2.26. The molecule has 156 valence electrons. The van der Waals surface area contributed by atoms with Gasteiger partial charge in [0.05, 0.1) is 18.7 Å². The highest BCUT2D eigenvalue weighted by Gasteiger charge is 2.23. The number of halogens is 1. The molecule has 0 saturated carbocycles. The molecule has 2 aromatic carbocycles. The highest BCUT2D eigenvalue weighted by molar-refractivity contribution is 6.32. The molecule has 1 aliphatic rings. The maximum absolute atomic E-state index is 6.37. The number of rotatable bonds is 7. The van der Waals surface area contributed by atoms with Crippen LogP contribution in [0.3, 0.4) is 0 Å². The van der Waals surface area contributed by atoms with E-state index in [9.17, 15) is 0 Å². The van der Waals surface area contributed by atoms with Crippen LogP contribution in [-0.2, 0) is 6.54 Å². The predicted molar refractivity (Wildman–Crippen MR) is 120 cm³/mol. The number of para-hydroxylation sites is 1. The number of aliphatic imine (C=N–C) groups is 1. The van der Waals surface area contributed by atoms with E-state index < -0.39 is 0 Å². The number of guanidine groups is 1. The zero-order valence-electron chi connectivity index (χ0n) is 17.2. The van der Waals surface area contributed by atoms with Crippen molar-refractivity contribution in [2.24, 2.45) is 4.99 Å². The first-order chi connectivity index (χ1) is 14.1. The van der Waals surface area contributed by atoms with Crippen LogP contribution in [-0.4, -0.2) is 45.9 Å². The normalized spacial score (nSPS) is 16.6. The number of hydrogen-bond donors (Lipinski definition) is 2. The van der Waals surface area contributed by atoms with Crippen molar-refractivity contribution in [2.45, 2.75) is 25.9 Å². The van der Waals surface area contributed by atoms with E-state index in [0.717, 1.165) is 31.0 Å². The van der Waals surface area contributed by atoms with Crippen LogP contribution in [0.2, 0.25) is 5.02 Å². The number of methoxy groups -OCH3 is 1. The summed E-state index contributed by atoms with van der Waals surface area (Å²) in [5, 5.41) is 7.42. The van der Waals surface area contributed by atoms with E-state index >= 15 is 0 Å². The molecule has 1 aliphatic heterocycles. The summed E-state index contributed by atoms with van der Waals surface area (Å²) in [5.74, 6) is 1.98. The fourth-order valence-electron chi connectivity index (χ4n) is 3.48. The lowest BCUT2D eigenvalue weighted by Gasteiger charge is -2.20. The Hall–Kier alpha value is -2.60. The smallest absolute Gasteiger partial charge is 0.191 e. The van der Waals surface area contributed by atoms with Gasteiger partial charge in [-0.1, -0.05) is 29.8 Å². The second-order valence-corrected chi connectivity index (χ2v) is 7.29. The van der Waals surface area contributed by atoms with Gasteiger partial charge in [-0.25, -0.2) is 0 Å². The van der Waals surface area contributed by atoms with Gasteiger partial charge in [0.2, 0.25) is 0 Å². The average Bonchev–Trinajstić information content (AvgIpc) is 3.22. The number of hydrogen-bond acceptors (Lipinski definition) is 4. The Morgan fingerprint density at radius 3 is 2.76 bits per heavy atom. The molecule has 0 radical (unpaired) electrons. The van der Waals surface area contributed by atoms with Gasteiger partial charge in [-0.15, -0.1) is 0 Å². The first-order valence-electron chi connectivity index (χ1n) is 9.91. The second-order valence-electron chi connectivity index (χ2n) is 6.88. The molecule has 6 nitrogen and oxygen atoms in total. The van der Waals surface area contributed by atoms with E-state index in [2.05, 4.69) is 44.8 Å². The van der Waals surface area contributed by atoms with Crippen molar-refractivity contribution in [1.82, 2.24) is 10.6 Å².